The van der Waals surface area contributed by atoms with Crippen LogP contribution in [0.2, 0.25) is 0 Å². The second-order valence-electron chi connectivity index (χ2n) is 7.24. The number of carbonyl (C=O) groups excluding carboxylic acids is 1. The molecule has 6 heteroatoms. The molecule has 0 N–H and O–H groups in total. The molecule has 0 radical (unpaired) electrons. The molecule has 1 amide bonds. The molecule has 0 saturated carbocycles. The van der Waals surface area contributed by atoms with Crippen LogP contribution in [0.4, 0.5) is 0 Å². The highest BCUT2D eigenvalue weighted by Crippen LogP contribution is 2.42. The average Bonchev–Trinajstić information content (AvgIpc) is 3.34. The summed E-state index contributed by atoms with van der Waals surface area (Å²) in [7, 11) is 0. The quantitative estimate of drug-likeness (QED) is 0.824. The van der Waals surface area contributed by atoms with Crippen molar-refractivity contribution < 1.29 is 18.7 Å². The van der Waals surface area contributed by atoms with E-state index in [0.717, 1.165) is 44.7 Å². The van der Waals surface area contributed by atoms with Gasteiger partial charge in [0.15, 0.2) is 5.76 Å². The van der Waals surface area contributed by atoms with E-state index < -0.39 is 0 Å². The number of rotatable bonds is 5. The molecule has 0 aromatic carbocycles. The summed E-state index contributed by atoms with van der Waals surface area (Å²) in [6.45, 7) is 3.37. The van der Waals surface area contributed by atoms with Crippen LogP contribution in [0.3, 0.4) is 0 Å². The molecule has 4 rings (SSSR count). The number of hydrogen-bond acceptors (Lipinski definition) is 5. The number of pyridine rings is 1. The van der Waals surface area contributed by atoms with Gasteiger partial charge in [-0.3, -0.25) is 9.78 Å². The summed E-state index contributed by atoms with van der Waals surface area (Å²) in [5.41, 5.74) is 1.11. The minimum absolute atomic E-state index is 0.0148. The molecule has 2 fully saturated rings. The van der Waals surface area contributed by atoms with Gasteiger partial charge < -0.3 is 18.8 Å². The minimum atomic E-state index is -0.0148. The third-order valence-corrected chi connectivity index (χ3v) is 5.41. The maximum absolute atomic E-state index is 12.4. The number of carbonyl (C=O) groups is 1. The van der Waals surface area contributed by atoms with Crippen LogP contribution in [0.1, 0.15) is 35.5 Å². The molecular weight excluding hydrogens is 332 g/mol. The van der Waals surface area contributed by atoms with Crippen LogP contribution in [-0.2, 0) is 16.1 Å². The van der Waals surface area contributed by atoms with E-state index in [9.17, 15) is 4.79 Å². The standard InChI is InChI=1S/C20H24N2O4/c23-19(18-5-3-11-25-18)22-9-6-20(7-10-22)12-17(26-15-20)14-24-13-16-4-1-2-8-21-16/h1-5,8,11,17H,6-7,9-10,12-15H2. The smallest absolute Gasteiger partial charge is 0.289 e. The van der Waals surface area contributed by atoms with Gasteiger partial charge in [0.05, 0.1) is 37.9 Å². The Morgan fingerprint density at radius 1 is 1.27 bits per heavy atom. The Bertz CT molecular complexity index is 709. The lowest BCUT2D eigenvalue weighted by Gasteiger charge is -2.38. The first-order valence-electron chi connectivity index (χ1n) is 9.16. The molecule has 6 nitrogen and oxygen atoms in total. The van der Waals surface area contributed by atoms with Crippen molar-refractivity contribution in [3.05, 3.63) is 54.2 Å². The van der Waals surface area contributed by atoms with Gasteiger partial charge in [-0.25, -0.2) is 0 Å². The molecule has 1 atom stereocenters. The van der Waals surface area contributed by atoms with E-state index in [1.807, 2.05) is 23.1 Å². The summed E-state index contributed by atoms with van der Waals surface area (Å²) in [6, 6.07) is 9.29. The first-order chi connectivity index (χ1) is 12.7. The van der Waals surface area contributed by atoms with E-state index in [1.54, 1.807) is 24.6 Å². The first-order valence-corrected chi connectivity index (χ1v) is 9.16. The highest BCUT2D eigenvalue weighted by Gasteiger charge is 2.43. The van der Waals surface area contributed by atoms with E-state index in [2.05, 4.69) is 4.98 Å². The van der Waals surface area contributed by atoms with Gasteiger partial charge in [-0.15, -0.1) is 0 Å². The number of aromatic nitrogens is 1. The lowest BCUT2D eigenvalue weighted by Crippen LogP contribution is -2.43. The Balaban J connectivity index is 1.23. The molecule has 0 aliphatic carbocycles. The van der Waals surface area contributed by atoms with Gasteiger partial charge in [0.2, 0.25) is 0 Å². The van der Waals surface area contributed by atoms with Crippen LogP contribution in [0.25, 0.3) is 0 Å². The summed E-state index contributed by atoms with van der Waals surface area (Å²) in [6.07, 6.45) is 6.38. The molecule has 1 spiro atoms. The lowest BCUT2D eigenvalue weighted by molar-refractivity contribution is 0.00569. The predicted octanol–water partition coefficient (Wildman–Crippen LogP) is 2.90. The van der Waals surface area contributed by atoms with E-state index in [-0.39, 0.29) is 17.4 Å². The fourth-order valence-electron chi connectivity index (χ4n) is 3.87. The summed E-state index contributed by atoms with van der Waals surface area (Å²) < 4.78 is 17.0. The van der Waals surface area contributed by atoms with Gasteiger partial charge in [0.1, 0.15) is 0 Å². The van der Waals surface area contributed by atoms with Crippen molar-refractivity contribution in [3.63, 3.8) is 0 Å². The largest absolute Gasteiger partial charge is 0.459 e. The monoisotopic (exact) mass is 356 g/mol. The molecule has 4 heterocycles. The van der Waals surface area contributed by atoms with Gasteiger partial charge in [-0.2, -0.15) is 0 Å². The number of ether oxygens (including phenoxy) is 2. The Labute approximate surface area is 153 Å². The van der Waals surface area contributed by atoms with E-state index >= 15 is 0 Å². The second kappa shape index (κ2) is 7.60. The van der Waals surface area contributed by atoms with Gasteiger partial charge in [0.25, 0.3) is 5.91 Å². The zero-order valence-corrected chi connectivity index (χ0v) is 14.8. The topological polar surface area (TPSA) is 64.8 Å². The molecule has 2 aliphatic heterocycles. The van der Waals surface area contributed by atoms with Crippen LogP contribution in [-0.4, -0.2) is 48.2 Å². The van der Waals surface area contributed by atoms with Gasteiger partial charge in [0, 0.05) is 19.3 Å². The van der Waals surface area contributed by atoms with Gasteiger partial charge >= 0.3 is 0 Å². The second-order valence-corrected chi connectivity index (χ2v) is 7.24. The molecular formula is C20H24N2O4. The Hall–Kier alpha value is -2.18. The Morgan fingerprint density at radius 3 is 2.88 bits per heavy atom. The number of hydrogen-bond donors (Lipinski definition) is 0. The number of nitrogens with zero attached hydrogens (tertiary/aromatic N) is 2. The molecule has 2 saturated heterocycles. The van der Waals surface area contributed by atoms with Crippen molar-refractivity contribution >= 4 is 5.91 Å². The van der Waals surface area contributed by atoms with Crippen molar-refractivity contribution in [2.24, 2.45) is 5.41 Å². The van der Waals surface area contributed by atoms with Crippen LogP contribution < -0.4 is 0 Å². The Kier molecular flexibility index (Phi) is 5.04. The third-order valence-electron chi connectivity index (χ3n) is 5.41. The van der Waals surface area contributed by atoms with E-state index in [1.165, 1.54) is 0 Å². The van der Waals surface area contributed by atoms with Crippen LogP contribution >= 0.6 is 0 Å². The SMILES string of the molecule is O=C(c1ccco1)N1CCC2(CC1)COC(COCc1ccccn1)C2. The molecule has 138 valence electrons. The summed E-state index contributed by atoms with van der Waals surface area (Å²) in [5.74, 6) is 0.406. The van der Waals surface area contributed by atoms with E-state index in [4.69, 9.17) is 13.9 Å². The molecule has 2 aliphatic rings. The van der Waals surface area contributed by atoms with Crippen molar-refractivity contribution in [2.45, 2.75) is 32.0 Å². The maximum atomic E-state index is 12.4. The number of piperidine rings is 1. The van der Waals surface area contributed by atoms with E-state index in [0.29, 0.717) is 19.0 Å². The number of amides is 1. The van der Waals surface area contributed by atoms with Crippen LogP contribution in [0, 0.1) is 5.41 Å². The number of furan rings is 1. The summed E-state index contributed by atoms with van der Waals surface area (Å²) in [4.78, 5) is 18.5. The highest BCUT2D eigenvalue weighted by atomic mass is 16.5. The first kappa shape index (κ1) is 17.2. The van der Waals surface area contributed by atoms with Crippen molar-refractivity contribution in [2.75, 3.05) is 26.3 Å². The average molecular weight is 356 g/mol. The molecule has 2 aromatic rings. The van der Waals surface area contributed by atoms with Gasteiger partial charge in [-0.05, 0) is 48.9 Å². The summed E-state index contributed by atoms with van der Waals surface area (Å²) in [5, 5.41) is 0. The zero-order chi connectivity index (χ0) is 17.8. The molecule has 2 aromatic heterocycles. The minimum Gasteiger partial charge on any atom is -0.459 e. The Morgan fingerprint density at radius 2 is 2.15 bits per heavy atom. The van der Waals surface area contributed by atoms with Crippen LogP contribution in [0.5, 0.6) is 0 Å². The fourth-order valence-corrected chi connectivity index (χ4v) is 3.87. The van der Waals surface area contributed by atoms with Crippen LogP contribution in [0.15, 0.2) is 47.2 Å². The zero-order valence-electron chi connectivity index (χ0n) is 14.8. The third kappa shape index (κ3) is 3.81. The molecule has 26 heavy (non-hydrogen) atoms. The predicted molar refractivity (Wildman–Crippen MR) is 94.5 cm³/mol. The summed E-state index contributed by atoms with van der Waals surface area (Å²) >= 11 is 0. The molecule has 1 unspecified atom stereocenters. The maximum Gasteiger partial charge on any atom is 0.289 e. The lowest BCUT2D eigenvalue weighted by atomic mass is 9.76. The van der Waals surface area contributed by atoms with Crippen molar-refractivity contribution in [1.29, 1.82) is 0 Å². The highest BCUT2D eigenvalue weighted by molar-refractivity contribution is 5.91. The van der Waals surface area contributed by atoms with Crippen molar-refractivity contribution in [1.82, 2.24) is 9.88 Å². The molecule has 0 bridgehead atoms. The van der Waals surface area contributed by atoms with Gasteiger partial charge in [-0.1, -0.05) is 6.07 Å². The number of likely N-dealkylation sites (tertiary alicyclic amines) is 1. The normalized spacial score (nSPS) is 22.0. The fraction of sp³-hybridized carbons (Fsp3) is 0.500. The van der Waals surface area contributed by atoms with Crippen molar-refractivity contribution in [3.8, 4) is 0 Å².